The van der Waals surface area contributed by atoms with Crippen LogP contribution in [0.2, 0.25) is 0 Å². The number of anilines is 1. The quantitative estimate of drug-likeness (QED) is 0.591. The number of hydrazine groups is 1. The monoisotopic (exact) mass is 219 g/mol. The highest BCUT2D eigenvalue weighted by Crippen LogP contribution is 2.07. The molecular formula is C11H13N3O2. The molecule has 0 aliphatic rings. The molecule has 5 heteroatoms. The van der Waals surface area contributed by atoms with Gasteiger partial charge in [-0.2, -0.15) is 0 Å². The second-order valence-electron chi connectivity index (χ2n) is 3.23. The van der Waals surface area contributed by atoms with Crippen molar-refractivity contribution < 1.29 is 9.15 Å². The number of hydrogen-bond acceptors (Lipinski definition) is 5. The summed E-state index contributed by atoms with van der Waals surface area (Å²) in [5.74, 6) is 6.68. The van der Waals surface area contributed by atoms with Crippen LogP contribution in [0.5, 0.6) is 0 Å². The average molecular weight is 219 g/mol. The predicted molar refractivity (Wildman–Crippen MR) is 59.2 cm³/mol. The lowest BCUT2D eigenvalue weighted by atomic mass is 10.3. The van der Waals surface area contributed by atoms with Crippen LogP contribution in [0.1, 0.15) is 11.5 Å². The third kappa shape index (κ3) is 2.82. The summed E-state index contributed by atoms with van der Waals surface area (Å²) in [4.78, 5) is 4.22. The number of furan rings is 1. The smallest absolute Gasteiger partial charge is 0.140 e. The molecule has 0 spiro atoms. The molecule has 0 radical (unpaired) electrons. The highest BCUT2D eigenvalue weighted by Gasteiger charge is 1.99. The van der Waals surface area contributed by atoms with Gasteiger partial charge >= 0.3 is 0 Å². The lowest BCUT2D eigenvalue weighted by Gasteiger charge is -2.04. The molecule has 2 rings (SSSR count). The topological polar surface area (TPSA) is 73.3 Å². The average Bonchev–Trinajstić information content (AvgIpc) is 2.82. The van der Waals surface area contributed by atoms with Crippen molar-refractivity contribution in [2.24, 2.45) is 5.84 Å². The van der Waals surface area contributed by atoms with Crippen LogP contribution in [0.15, 0.2) is 41.0 Å². The Kier molecular flexibility index (Phi) is 3.53. The summed E-state index contributed by atoms with van der Waals surface area (Å²) in [6.45, 7) is 0.866. The fourth-order valence-corrected chi connectivity index (χ4v) is 1.29. The molecule has 3 N–H and O–H groups in total. The number of ether oxygens (including phenoxy) is 1. The predicted octanol–water partition coefficient (Wildman–Crippen LogP) is 1.68. The van der Waals surface area contributed by atoms with E-state index in [1.165, 1.54) is 0 Å². The van der Waals surface area contributed by atoms with Gasteiger partial charge < -0.3 is 14.6 Å². The molecule has 0 atom stereocenters. The molecular weight excluding hydrogens is 206 g/mol. The van der Waals surface area contributed by atoms with Crippen LogP contribution in [0.3, 0.4) is 0 Å². The van der Waals surface area contributed by atoms with Crippen LogP contribution in [0, 0.1) is 0 Å². The third-order valence-electron chi connectivity index (χ3n) is 2.03. The minimum atomic E-state index is 0.427. The summed E-state index contributed by atoms with van der Waals surface area (Å²) in [6, 6.07) is 9.23. The maximum atomic E-state index is 5.44. The number of nitrogen functional groups attached to an aromatic ring is 1. The maximum Gasteiger partial charge on any atom is 0.140 e. The Hall–Kier alpha value is -1.85. The number of rotatable bonds is 5. The molecule has 84 valence electrons. The lowest BCUT2D eigenvalue weighted by Crippen LogP contribution is -2.09. The molecule has 2 aromatic rings. The van der Waals surface area contributed by atoms with E-state index in [1.807, 2.05) is 24.3 Å². The normalized spacial score (nSPS) is 10.3. The van der Waals surface area contributed by atoms with Gasteiger partial charge in [0.15, 0.2) is 0 Å². The van der Waals surface area contributed by atoms with Gasteiger partial charge in [0.2, 0.25) is 0 Å². The first kappa shape index (κ1) is 10.7. The molecule has 0 saturated heterocycles. The Morgan fingerprint density at radius 1 is 1.25 bits per heavy atom. The third-order valence-corrected chi connectivity index (χ3v) is 2.03. The first-order chi connectivity index (χ1) is 7.88. The maximum absolute atomic E-state index is 5.44. The Morgan fingerprint density at radius 3 is 2.94 bits per heavy atom. The lowest BCUT2D eigenvalue weighted by molar-refractivity contribution is 0.0907. The SMILES string of the molecule is NNc1cccc(COCc2ccco2)n1. The summed E-state index contributed by atoms with van der Waals surface area (Å²) < 4.78 is 10.6. The Labute approximate surface area is 93.2 Å². The number of nitrogens with two attached hydrogens (primary N) is 1. The molecule has 0 aliphatic heterocycles. The summed E-state index contributed by atoms with van der Waals surface area (Å²) in [5, 5.41) is 0. The fourth-order valence-electron chi connectivity index (χ4n) is 1.29. The van der Waals surface area contributed by atoms with Crippen LogP contribution in [0.4, 0.5) is 5.82 Å². The van der Waals surface area contributed by atoms with E-state index < -0.39 is 0 Å². The Morgan fingerprint density at radius 2 is 2.19 bits per heavy atom. The first-order valence-electron chi connectivity index (χ1n) is 4.91. The first-order valence-corrected chi connectivity index (χ1v) is 4.91. The summed E-state index contributed by atoms with van der Waals surface area (Å²) >= 11 is 0. The van der Waals surface area contributed by atoms with Crippen molar-refractivity contribution in [3.8, 4) is 0 Å². The van der Waals surface area contributed by atoms with Crippen LogP contribution in [0.25, 0.3) is 0 Å². The van der Waals surface area contributed by atoms with Crippen molar-refractivity contribution in [3.63, 3.8) is 0 Å². The molecule has 2 heterocycles. The Balaban J connectivity index is 1.85. The second kappa shape index (κ2) is 5.29. The summed E-state index contributed by atoms with van der Waals surface area (Å²) in [7, 11) is 0. The van der Waals surface area contributed by atoms with Crippen molar-refractivity contribution in [3.05, 3.63) is 48.0 Å². The summed E-state index contributed by atoms with van der Waals surface area (Å²) in [5.41, 5.74) is 3.31. The number of pyridine rings is 1. The van der Waals surface area contributed by atoms with E-state index in [1.54, 1.807) is 12.3 Å². The molecule has 0 bridgehead atoms. The number of hydrogen-bond donors (Lipinski definition) is 2. The molecule has 2 aromatic heterocycles. The van der Waals surface area contributed by atoms with Crippen LogP contribution < -0.4 is 11.3 Å². The van der Waals surface area contributed by atoms with Gasteiger partial charge in [-0.3, -0.25) is 0 Å². The largest absolute Gasteiger partial charge is 0.467 e. The van der Waals surface area contributed by atoms with Gasteiger partial charge in [0.25, 0.3) is 0 Å². The van der Waals surface area contributed by atoms with Crippen LogP contribution in [-0.4, -0.2) is 4.98 Å². The highest BCUT2D eigenvalue weighted by atomic mass is 16.5. The minimum Gasteiger partial charge on any atom is -0.467 e. The number of nitrogens with one attached hydrogen (secondary N) is 1. The molecule has 0 aliphatic carbocycles. The molecule has 16 heavy (non-hydrogen) atoms. The zero-order valence-electron chi connectivity index (χ0n) is 8.72. The minimum absolute atomic E-state index is 0.427. The van der Waals surface area contributed by atoms with Crippen LogP contribution >= 0.6 is 0 Å². The summed E-state index contributed by atoms with van der Waals surface area (Å²) in [6.07, 6.45) is 1.62. The van der Waals surface area contributed by atoms with Crippen molar-refractivity contribution in [2.45, 2.75) is 13.2 Å². The zero-order chi connectivity index (χ0) is 11.2. The van der Waals surface area contributed by atoms with Crippen molar-refractivity contribution in [1.29, 1.82) is 0 Å². The number of nitrogens with zero attached hydrogens (tertiary/aromatic N) is 1. The van der Waals surface area contributed by atoms with Gasteiger partial charge in [-0.25, -0.2) is 10.8 Å². The molecule has 0 aromatic carbocycles. The molecule has 0 amide bonds. The second-order valence-corrected chi connectivity index (χ2v) is 3.23. The van der Waals surface area contributed by atoms with E-state index in [0.717, 1.165) is 11.5 Å². The molecule has 0 fully saturated rings. The van der Waals surface area contributed by atoms with Gasteiger partial charge in [-0.15, -0.1) is 0 Å². The number of aromatic nitrogens is 1. The van der Waals surface area contributed by atoms with Gasteiger partial charge in [-0.1, -0.05) is 6.07 Å². The van der Waals surface area contributed by atoms with Gasteiger partial charge in [-0.05, 0) is 24.3 Å². The van der Waals surface area contributed by atoms with Crippen molar-refractivity contribution >= 4 is 5.82 Å². The van der Waals surface area contributed by atoms with Gasteiger partial charge in [0.1, 0.15) is 18.2 Å². The van der Waals surface area contributed by atoms with Crippen molar-refractivity contribution in [1.82, 2.24) is 4.98 Å². The van der Waals surface area contributed by atoms with Gasteiger partial charge in [0, 0.05) is 0 Å². The van der Waals surface area contributed by atoms with Crippen molar-refractivity contribution in [2.75, 3.05) is 5.43 Å². The van der Waals surface area contributed by atoms with E-state index in [4.69, 9.17) is 15.0 Å². The van der Waals surface area contributed by atoms with Crippen LogP contribution in [-0.2, 0) is 18.0 Å². The highest BCUT2D eigenvalue weighted by molar-refractivity contribution is 5.33. The van der Waals surface area contributed by atoms with E-state index in [9.17, 15) is 0 Å². The molecule has 0 unspecified atom stereocenters. The van der Waals surface area contributed by atoms with E-state index in [2.05, 4.69) is 10.4 Å². The standard InChI is InChI=1S/C11H13N3O2/c12-14-11-5-1-3-9(13-11)7-15-8-10-4-2-6-16-10/h1-6H,7-8,12H2,(H,13,14). The van der Waals surface area contributed by atoms with Gasteiger partial charge in [0.05, 0.1) is 18.6 Å². The molecule has 5 nitrogen and oxygen atoms in total. The Bertz CT molecular complexity index is 429. The zero-order valence-corrected chi connectivity index (χ0v) is 8.72. The molecule has 0 saturated carbocycles. The van der Waals surface area contributed by atoms with E-state index >= 15 is 0 Å². The van der Waals surface area contributed by atoms with E-state index in [-0.39, 0.29) is 0 Å². The van der Waals surface area contributed by atoms with E-state index in [0.29, 0.717) is 19.0 Å². The fraction of sp³-hybridized carbons (Fsp3) is 0.182.